The van der Waals surface area contributed by atoms with E-state index in [1.54, 1.807) is 12.1 Å². The van der Waals surface area contributed by atoms with Crippen LogP contribution >= 0.6 is 11.6 Å². The number of benzene rings is 2. The number of hydrogen-bond donors (Lipinski definition) is 3. The van der Waals surface area contributed by atoms with E-state index >= 15 is 0 Å². The van der Waals surface area contributed by atoms with Gasteiger partial charge in [-0.1, -0.05) is 80.7 Å². The van der Waals surface area contributed by atoms with Crippen molar-refractivity contribution in [3.05, 3.63) is 47.0 Å². The van der Waals surface area contributed by atoms with Crippen molar-refractivity contribution in [3.63, 3.8) is 0 Å². The molecule has 0 aromatic heterocycles. The van der Waals surface area contributed by atoms with Gasteiger partial charge in [-0.25, -0.2) is 8.42 Å². The first-order valence-corrected chi connectivity index (χ1v) is 16.4. The lowest BCUT2D eigenvalue weighted by Gasteiger charge is -2.39. The third-order valence-corrected chi connectivity index (χ3v) is 11.1. The molecule has 2 aliphatic carbocycles. The molecule has 9 heteroatoms. The van der Waals surface area contributed by atoms with Crippen LogP contribution < -0.4 is 10.6 Å². The van der Waals surface area contributed by atoms with Crippen molar-refractivity contribution in [1.82, 2.24) is 0 Å². The Bertz CT molecular complexity index is 1310. The van der Waals surface area contributed by atoms with Crippen molar-refractivity contribution in [1.29, 1.82) is 0 Å². The molecular formula is C31H41ClN2O5S. The highest BCUT2D eigenvalue weighted by Crippen LogP contribution is 2.46. The summed E-state index contributed by atoms with van der Waals surface area (Å²) in [7, 11) is -3.70. The highest BCUT2D eigenvalue weighted by molar-refractivity contribution is 7.92. The summed E-state index contributed by atoms with van der Waals surface area (Å²) < 4.78 is 25.8. The molecule has 1 atom stereocenters. The number of hydrogen-bond acceptors (Lipinski definition) is 5. The first kappa shape index (κ1) is 30.4. The SMILES string of the molecule is Cc1ccc(S(=O)(=O)C(C)CC(=O)Nc2cc(O)c(NC(=O)C3(CC4CCCCC4)CCCCC3)cc2Cl)cc1. The summed E-state index contributed by atoms with van der Waals surface area (Å²) in [6.07, 6.45) is 11.5. The summed E-state index contributed by atoms with van der Waals surface area (Å²) in [4.78, 5) is 26.5. The number of amides is 2. The number of aryl methyl sites for hydroxylation is 1. The fraction of sp³-hybridized carbons (Fsp3) is 0.548. The second-order valence-electron chi connectivity index (χ2n) is 11.8. The minimum atomic E-state index is -3.70. The van der Waals surface area contributed by atoms with Crippen LogP contribution in [0.25, 0.3) is 0 Å². The number of phenols is 1. The van der Waals surface area contributed by atoms with Crippen molar-refractivity contribution in [2.45, 2.75) is 101 Å². The van der Waals surface area contributed by atoms with Gasteiger partial charge in [-0.15, -0.1) is 0 Å². The summed E-state index contributed by atoms with van der Waals surface area (Å²) >= 11 is 6.45. The molecule has 2 fully saturated rings. The molecule has 2 aromatic rings. The molecule has 0 bridgehead atoms. The molecule has 40 heavy (non-hydrogen) atoms. The van der Waals surface area contributed by atoms with E-state index in [0.717, 1.165) is 44.1 Å². The summed E-state index contributed by atoms with van der Waals surface area (Å²) in [5.74, 6) is -0.271. The molecule has 0 spiro atoms. The van der Waals surface area contributed by atoms with Crippen LogP contribution in [0.2, 0.25) is 5.02 Å². The fourth-order valence-corrected chi connectivity index (χ4v) is 7.80. The minimum Gasteiger partial charge on any atom is -0.506 e. The van der Waals surface area contributed by atoms with Crippen molar-refractivity contribution >= 4 is 44.6 Å². The van der Waals surface area contributed by atoms with Gasteiger partial charge in [0.05, 0.1) is 26.5 Å². The van der Waals surface area contributed by atoms with Gasteiger partial charge < -0.3 is 15.7 Å². The molecule has 0 aliphatic heterocycles. The standard InChI is InChI=1S/C31H41ClN2O5S/c1-21-11-13-24(14-12-21)40(38,39)22(2)17-29(36)33-26-19-28(35)27(18-25(26)32)34-30(37)31(15-7-4-8-16-31)20-23-9-5-3-6-10-23/h11-14,18-19,22-23,35H,3-10,15-17,20H2,1-2H3,(H,33,36)(H,34,37). The zero-order valence-electron chi connectivity index (χ0n) is 23.5. The summed E-state index contributed by atoms with van der Waals surface area (Å²) in [6.45, 7) is 3.36. The molecule has 2 aliphatic rings. The van der Waals surface area contributed by atoms with Gasteiger partial charge in [0, 0.05) is 17.9 Å². The number of carbonyl (C=O) groups excluding carboxylic acids is 2. The normalized spacial score (nSPS) is 18.6. The third kappa shape index (κ3) is 7.19. The Morgan fingerprint density at radius 1 is 0.975 bits per heavy atom. The third-order valence-electron chi connectivity index (χ3n) is 8.66. The Kier molecular flexibility index (Phi) is 9.83. The van der Waals surface area contributed by atoms with Crippen molar-refractivity contribution in [3.8, 4) is 5.75 Å². The smallest absolute Gasteiger partial charge is 0.230 e. The van der Waals surface area contributed by atoms with E-state index < -0.39 is 26.4 Å². The van der Waals surface area contributed by atoms with Crippen molar-refractivity contribution < 1.29 is 23.1 Å². The van der Waals surface area contributed by atoms with Crippen LogP contribution in [0, 0.1) is 18.3 Å². The van der Waals surface area contributed by atoms with Crippen LogP contribution in [0.3, 0.4) is 0 Å². The highest BCUT2D eigenvalue weighted by Gasteiger charge is 2.41. The number of carbonyl (C=O) groups is 2. The van der Waals surface area contributed by atoms with Crippen molar-refractivity contribution in [2.24, 2.45) is 11.3 Å². The Morgan fingerprint density at radius 3 is 2.25 bits per heavy atom. The first-order chi connectivity index (χ1) is 19.0. The number of anilines is 2. The van der Waals surface area contributed by atoms with Gasteiger partial charge >= 0.3 is 0 Å². The summed E-state index contributed by atoms with van der Waals surface area (Å²) in [5.41, 5.74) is 0.857. The number of rotatable bonds is 9. The van der Waals surface area contributed by atoms with Gasteiger partial charge in [-0.3, -0.25) is 9.59 Å². The fourth-order valence-electron chi connectivity index (χ4n) is 6.24. The van der Waals surface area contributed by atoms with Crippen LogP contribution in [0.15, 0.2) is 41.3 Å². The van der Waals surface area contributed by atoms with Crippen LogP contribution in [-0.2, 0) is 19.4 Å². The monoisotopic (exact) mass is 588 g/mol. The van der Waals surface area contributed by atoms with Crippen LogP contribution in [-0.4, -0.2) is 30.6 Å². The Labute approximate surface area is 243 Å². The lowest BCUT2D eigenvalue weighted by Crippen LogP contribution is -2.40. The zero-order valence-corrected chi connectivity index (χ0v) is 25.0. The van der Waals surface area contributed by atoms with Crippen LogP contribution in [0.1, 0.15) is 89.5 Å². The molecule has 2 amide bonds. The maximum atomic E-state index is 13.6. The number of halogens is 1. The summed E-state index contributed by atoms with van der Waals surface area (Å²) in [6, 6.07) is 9.24. The average molecular weight is 589 g/mol. The largest absolute Gasteiger partial charge is 0.506 e. The molecule has 2 saturated carbocycles. The van der Waals surface area contributed by atoms with Gasteiger partial charge in [0.15, 0.2) is 9.84 Å². The van der Waals surface area contributed by atoms with E-state index in [1.807, 2.05) is 6.92 Å². The van der Waals surface area contributed by atoms with E-state index in [-0.39, 0.29) is 39.4 Å². The quantitative estimate of drug-likeness (QED) is 0.264. The maximum Gasteiger partial charge on any atom is 0.230 e. The second-order valence-corrected chi connectivity index (χ2v) is 14.5. The van der Waals surface area contributed by atoms with Gasteiger partial charge in [0.1, 0.15) is 5.75 Å². The molecule has 1 unspecified atom stereocenters. The van der Waals surface area contributed by atoms with Gasteiger partial charge in [0.25, 0.3) is 0 Å². The topological polar surface area (TPSA) is 113 Å². The Hall–Kier alpha value is -2.58. The second kappa shape index (κ2) is 12.9. The van der Waals surface area contributed by atoms with Gasteiger partial charge in [-0.2, -0.15) is 0 Å². The predicted octanol–water partition coefficient (Wildman–Crippen LogP) is 7.40. The molecule has 0 saturated heterocycles. The number of nitrogens with one attached hydrogen (secondary N) is 2. The van der Waals surface area contributed by atoms with Crippen LogP contribution in [0.5, 0.6) is 5.75 Å². The molecular weight excluding hydrogens is 548 g/mol. The van der Waals surface area contributed by atoms with E-state index in [9.17, 15) is 23.1 Å². The minimum absolute atomic E-state index is 0.0731. The molecule has 3 N–H and O–H groups in total. The average Bonchev–Trinajstić information content (AvgIpc) is 2.92. The maximum absolute atomic E-state index is 13.6. The lowest BCUT2D eigenvalue weighted by molar-refractivity contribution is -0.129. The van der Waals surface area contributed by atoms with Gasteiger partial charge in [-0.05, 0) is 57.2 Å². The number of phenolic OH excluding ortho intramolecular Hbond substituents is 1. The summed E-state index contributed by atoms with van der Waals surface area (Å²) in [5, 5.41) is 15.5. The predicted molar refractivity (Wildman–Crippen MR) is 160 cm³/mol. The Morgan fingerprint density at radius 2 is 1.60 bits per heavy atom. The molecule has 7 nitrogen and oxygen atoms in total. The number of aromatic hydroxyl groups is 1. The molecule has 2 aromatic carbocycles. The molecule has 4 rings (SSSR count). The van der Waals surface area contributed by atoms with E-state index in [4.69, 9.17) is 11.6 Å². The highest BCUT2D eigenvalue weighted by atomic mass is 35.5. The van der Waals surface area contributed by atoms with E-state index in [0.29, 0.717) is 5.92 Å². The van der Waals surface area contributed by atoms with Crippen LogP contribution in [0.4, 0.5) is 11.4 Å². The van der Waals surface area contributed by atoms with Crippen molar-refractivity contribution in [2.75, 3.05) is 10.6 Å². The first-order valence-electron chi connectivity index (χ1n) is 14.4. The number of sulfone groups is 1. The Balaban J connectivity index is 1.42. The van der Waals surface area contributed by atoms with E-state index in [1.165, 1.54) is 63.3 Å². The molecule has 0 heterocycles. The lowest BCUT2D eigenvalue weighted by atomic mass is 9.66. The molecule has 0 radical (unpaired) electrons. The van der Waals surface area contributed by atoms with E-state index in [2.05, 4.69) is 10.6 Å². The molecule has 218 valence electrons. The zero-order chi connectivity index (χ0) is 28.9. The van der Waals surface area contributed by atoms with Gasteiger partial charge in [0.2, 0.25) is 11.8 Å².